The van der Waals surface area contributed by atoms with Gasteiger partial charge in [-0.25, -0.2) is 0 Å². The largest absolute Gasteiger partial charge is 0.350 e. The van der Waals surface area contributed by atoms with E-state index in [2.05, 4.69) is 5.32 Å². The number of carbonyl (C=O) groups excluding carboxylic acids is 2. The third-order valence-corrected chi connectivity index (χ3v) is 4.21. The fraction of sp³-hybridized carbons (Fsp3) is 0.500. The van der Waals surface area contributed by atoms with Crippen LogP contribution >= 0.6 is 11.6 Å². The van der Waals surface area contributed by atoms with Crippen LogP contribution < -0.4 is 5.32 Å². The summed E-state index contributed by atoms with van der Waals surface area (Å²) >= 11 is 5.98. The van der Waals surface area contributed by atoms with Crippen molar-refractivity contribution in [2.75, 3.05) is 6.54 Å². The summed E-state index contributed by atoms with van der Waals surface area (Å²) in [7, 11) is 0. The number of amides is 2. The Bertz CT molecular complexity index is 545. The minimum absolute atomic E-state index is 0.0335. The first kappa shape index (κ1) is 15.8. The van der Waals surface area contributed by atoms with E-state index in [0.717, 1.165) is 30.4 Å². The molecule has 0 spiro atoms. The molecule has 0 aromatic heterocycles. The molecule has 1 aromatic rings. The topological polar surface area (TPSA) is 49.4 Å². The van der Waals surface area contributed by atoms with Crippen molar-refractivity contribution < 1.29 is 9.59 Å². The van der Waals surface area contributed by atoms with Crippen LogP contribution in [0.2, 0.25) is 5.02 Å². The number of rotatable bonds is 3. The zero-order chi connectivity index (χ0) is 15.4. The Morgan fingerprint density at radius 2 is 2.14 bits per heavy atom. The third kappa shape index (κ3) is 3.97. The van der Waals surface area contributed by atoms with Crippen LogP contribution in [0, 0.1) is 6.92 Å². The van der Waals surface area contributed by atoms with E-state index in [4.69, 9.17) is 11.6 Å². The summed E-state index contributed by atoms with van der Waals surface area (Å²) in [6.07, 6.45) is 2.69. The highest BCUT2D eigenvalue weighted by Gasteiger charge is 2.30. The van der Waals surface area contributed by atoms with Crippen molar-refractivity contribution in [3.05, 3.63) is 34.3 Å². The highest BCUT2D eigenvalue weighted by molar-refractivity contribution is 6.30. The Balaban J connectivity index is 2.00. The van der Waals surface area contributed by atoms with Gasteiger partial charge in [-0.1, -0.05) is 17.7 Å². The number of likely N-dealkylation sites (tertiary alicyclic amines) is 1. The first-order valence-electron chi connectivity index (χ1n) is 7.29. The maximum absolute atomic E-state index is 12.3. The highest BCUT2D eigenvalue weighted by atomic mass is 35.5. The van der Waals surface area contributed by atoms with Crippen molar-refractivity contribution in [2.24, 2.45) is 0 Å². The maximum Gasteiger partial charge on any atom is 0.243 e. The zero-order valence-electron chi connectivity index (χ0n) is 12.5. The van der Waals surface area contributed by atoms with Gasteiger partial charge in [0.05, 0.1) is 0 Å². The van der Waals surface area contributed by atoms with E-state index in [0.29, 0.717) is 18.1 Å². The molecule has 1 heterocycles. The summed E-state index contributed by atoms with van der Waals surface area (Å²) in [6, 6.07) is 5.30. The molecular weight excluding hydrogens is 288 g/mol. The second kappa shape index (κ2) is 6.94. The first-order valence-corrected chi connectivity index (χ1v) is 7.67. The molecule has 1 saturated heterocycles. The van der Waals surface area contributed by atoms with Gasteiger partial charge >= 0.3 is 0 Å². The van der Waals surface area contributed by atoms with Gasteiger partial charge in [0.15, 0.2) is 0 Å². The van der Waals surface area contributed by atoms with Crippen molar-refractivity contribution >= 4 is 23.4 Å². The minimum Gasteiger partial charge on any atom is -0.350 e. The summed E-state index contributed by atoms with van der Waals surface area (Å²) in [5, 5.41) is 3.59. The molecule has 0 aliphatic carbocycles. The lowest BCUT2D eigenvalue weighted by Gasteiger charge is -2.34. The molecule has 1 N–H and O–H groups in total. The van der Waals surface area contributed by atoms with E-state index in [1.54, 1.807) is 4.90 Å². The summed E-state index contributed by atoms with van der Waals surface area (Å²) in [5.74, 6) is -0.113. The van der Waals surface area contributed by atoms with Crippen LogP contribution in [0.25, 0.3) is 0 Å². The molecular formula is C16H21ClN2O2. The van der Waals surface area contributed by atoms with E-state index in [9.17, 15) is 9.59 Å². The Labute approximate surface area is 130 Å². The second-order valence-electron chi connectivity index (χ2n) is 5.51. The van der Waals surface area contributed by atoms with Crippen molar-refractivity contribution in [1.29, 1.82) is 0 Å². The Kier molecular flexibility index (Phi) is 5.23. The van der Waals surface area contributed by atoms with Crippen LogP contribution in [0.5, 0.6) is 0 Å². The quantitative estimate of drug-likeness (QED) is 0.933. The molecule has 4 nitrogen and oxygen atoms in total. The number of halogens is 1. The zero-order valence-corrected chi connectivity index (χ0v) is 13.2. The minimum atomic E-state index is -0.337. The summed E-state index contributed by atoms with van der Waals surface area (Å²) in [4.78, 5) is 25.6. The fourth-order valence-electron chi connectivity index (χ4n) is 2.71. The standard InChI is InChI=1S/C16H21ClN2O2/c1-11-6-7-14(17)9-13(11)10-18-16(21)15-5-3-4-8-19(15)12(2)20/h6-7,9,15H,3-5,8,10H2,1-2H3,(H,18,21)/t15-/m0/s1. The van der Waals surface area contributed by atoms with Gasteiger partial charge in [-0.15, -0.1) is 0 Å². The number of piperidine rings is 1. The van der Waals surface area contributed by atoms with Crippen molar-refractivity contribution in [2.45, 2.75) is 45.7 Å². The van der Waals surface area contributed by atoms with Gasteiger partial charge in [-0.2, -0.15) is 0 Å². The second-order valence-corrected chi connectivity index (χ2v) is 5.95. The normalized spacial score (nSPS) is 18.4. The predicted octanol–water partition coefficient (Wildman–Crippen LogP) is 2.67. The Morgan fingerprint density at radius 3 is 2.86 bits per heavy atom. The molecule has 1 aromatic carbocycles. The molecule has 1 aliphatic rings. The van der Waals surface area contributed by atoms with Crippen LogP contribution in [0.15, 0.2) is 18.2 Å². The van der Waals surface area contributed by atoms with Crippen LogP contribution in [0.3, 0.4) is 0 Å². The lowest BCUT2D eigenvalue weighted by Crippen LogP contribution is -2.51. The van der Waals surface area contributed by atoms with E-state index >= 15 is 0 Å². The number of benzene rings is 1. The molecule has 114 valence electrons. The van der Waals surface area contributed by atoms with Gasteiger partial charge in [0, 0.05) is 25.0 Å². The maximum atomic E-state index is 12.3. The van der Waals surface area contributed by atoms with E-state index in [1.165, 1.54) is 6.92 Å². The molecule has 2 amide bonds. The molecule has 0 radical (unpaired) electrons. The summed E-state index contributed by atoms with van der Waals surface area (Å²) < 4.78 is 0. The predicted molar refractivity (Wildman–Crippen MR) is 83.1 cm³/mol. The SMILES string of the molecule is CC(=O)N1CCCC[C@H]1C(=O)NCc1cc(Cl)ccc1C. The van der Waals surface area contributed by atoms with Crippen molar-refractivity contribution in [3.8, 4) is 0 Å². The highest BCUT2D eigenvalue weighted by Crippen LogP contribution is 2.18. The van der Waals surface area contributed by atoms with Crippen LogP contribution in [0.4, 0.5) is 0 Å². The van der Waals surface area contributed by atoms with Gasteiger partial charge < -0.3 is 10.2 Å². The number of aryl methyl sites for hydroxylation is 1. The summed E-state index contributed by atoms with van der Waals surface area (Å²) in [6.45, 7) is 4.62. The molecule has 1 aliphatic heterocycles. The van der Waals surface area contributed by atoms with Crippen LogP contribution in [-0.4, -0.2) is 29.3 Å². The Morgan fingerprint density at radius 1 is 1.38 bits per heavy atom. The number of nitrogens with zero attached hydrogens (tertiary/aromatic N) is 1. The molecule has 1 fully saturated rings. The first-order chi connectivity index (χ1) is 9.99. The molecule has 5 heteroatoms. The molecule has 0 unspecified atom stereocenters. The molecule has 21 heavy (non-hydrogen) atoms. The van der Waals surface area contributed by atoms with Gasteiger partial charge in [-0.05, 0) is 49.4 Å². The van der Waals surface area contributed by atoms with Gasteiger partial charge in [0.2, 0.25) is 11.8 Å². The lowest BCUT2D eigenvalue weighted by molar-refractivity contribution is -0.140. The van der Waals surface area contributed by atoms with Gasteiger partial charge in [0.25, 0.3) is 0 Å². The van der Waals surface area contributed by atoms with Crippen LogP contribution in [-0.2, 0) is 16.1 Å². The average molecular weight is 309 g/mol. The van der Waals surface area contributed by atoms with Gasteiger partial charge in [0.1, 0.15) is 6.04 Å². The lowest BCUT2D eigenvalue weighted by atomic mass is 10.0. The molecule has 2 rings (SSSR count). The van der Waals surface area contributed by atoms with E-state index in [1.807, 2.05) is 25.1 Å². The van der Waals surface area contributed by atoms with E-state index in [-0.39, 0.29) is 17.9 Å². The smallest absolute Gasteiger partial charge is 0.243 e. The Hall–Kier alpha value is -1.55. The number of hydrogen-bond donors (Lipinski definition) is 1. The van der Waals surface area contributed by atoms with E-state index < -0.39 is 0 Å². The van der Waals surface area contributed by atoms with Crippen molar-refractivity contribution in [1.82, 2.24) is 10.2 Å². The third-order valence-electron chi connectivity index (χ3n) is 3.97. The fourth-order valence-corrected chi connectivity index (χ4v) is 2.91. The molecule has 1 atom stereocenters. The number of hydrogen-bond acceptors (Lipinski definition) is 2. The van der Waals surface area contributed by atoms with Crippen molar-refractivity contribution in [3.63, 3.8) is 0 Å². The monoisotopic (exact) mass is 308 g/mol. The van der Waals surface area contributed by atoms with Crippen LogP contribution in [0.1, 0.15) is 37.3 Å². The van der Waals surface area contributed by atoms with Gasteiger partial charge in [-0.3, -0.25) is 9.59 Å². The molecule has 0 saturated carbocycles. The molecule has 0 bridgehead atoms. The average Bonchev–Trinajstić information content (AvgIpc) is 2.47. The number of nitrogens with one attached hydrogen (secondary N) is 1. The summed E-state index contributed by atoms with van der Waals surface area (Å²) in [5.41, 5.74) is 2.09. The number of carbonyl (C=O) groups is 2.